The number of nitrogens with one attached hydrogen (secondary N) is 2. The predicted octanol–water partition coefficient (Wildman–Crippen LogP) is 1.88. The Balaban J connectivity index is 1.73. The Morgan fingerprint density at radius 3 is 2.20 bits per heavy atom. The van der Waals surface area contributed by atoms with Crippen LogP contribution in [0.4, 0.5) is 4.79 Å². The molecule has 2 fully saturated rings. The van der Waals surface area contributed by atoms with E-state index in [1.807, 2.05) is 18.7 Å². The molecule has 1 heterocycles. The van der Waals surface area contributed by atoms with Crippen LogP contribution in [0.5, 0.6) is 0 Å². The monoisotopic (exact) mass is 281 g/mol. The maximum absolute atomic E-state index is 12.2. The minimum absolute atomic E-state index is 0.00495. The minimum Gasteiger partial charge on any atom is -0.353 e. The molecule has 20 heavy (non-hydrogen) atoms. The third kappa shape index (κ3) is 4.12. The fraction of sp³-hybridized carbons (Fsp3) is 0.867. The van der Waals surface area contributed by atoms with Gasteiger partial charge in [0.2, 0.25) is 5.91 Å². The van der Waals surface area contributed by atoms with E-state index in [0.29, 0.717) is 19.1 Å². The fourth-order valence-electron chi connectivity index (χ4n) is 3.07. The summed E-state index contributed by atoms with van der Waals surface area (Å²) in [5.74, 6) is 0.277. The summed E-state index contributed by atoms with van der Waals surface area (Å²) in [4.78, 5) is 25.9. The van der Waals surface area contributed by atoms with E-state index >= 15 is 0 Å². The zero-order valence-electron chi connectivity index (χ0n) is 12.7. The van der Waals surface area contributed by atoms with E-state index < -0.39 is 0 Å². The lowest BCUT2D eigenvalue weighted by Gasteiger charge is -2.32. The van der Waals surface area contributed by atoms with E-state index in [4.69, 9.17) is 0 Å². The lowest BCUT2D eigenvalue weighted by molar-refractivity contribution is -0.126. The highest BCUT2D eigenvalue weighted by Crippen LogP contribution is 2.21. The summed E-state index contributed by atoms with van der Waals surface area (Å²) in [5.41, 5.74) is 0. The van der Waals surface area contributed by atoms with Crippen molar-refractivity contribution in [1.29, 1.82) is 0 Å². The number of hydrogen-bond donors (Lipinski definition) is 2. The van der Waals surface area contributed by atoms with Gasteiger partial charge in [-0.1, -0.05) is 12.8 Å². The summed E-state index contributed by atoms with van der Waals surface area (Å²) in [5, 5.41) is 6.07. The average molecular weight is 281 g/mol. The Morgan fingerprint density at radius 2 is 1.65 bits per heavy atom. The van der Waals surface area contributed by atoms with E-state index in [1.165, 1.54) is 12.8 Å². The van der Waals surface area contributed by atoms with Crippen LogP contribution in [0.15, 0.2) is 0 Å². The highest BCUT2D eigenvalue weighted by molar-refractivity contribution is 5.80. The summed E-state index contributed by atoms with van der Waals surface area (Å²) in [6, 6.07) is 0.547. The Kier molecular flexibility index (Phi) is 5.26. The van der Waals surface area contributed by atoms with Gasteiger partial charge in [-0.05, 0) is 39.5 Å². The van der Waals surface area contributed by atoms with Crippen LogP contribution in [0, 0.1) is 5.92 Å². The summed E-state index contributed by atoms with van der Waals surface area (Å²) < 4.78 is 0. The topological polar surface area (TPSA) is 61.4 Å². The highest BCUT2D eigenvalue weighted by Gasteiger charge is 2.29. The molecule has 0 aromatic rings. The molecule has 2 rings (SSSR count). The molecule has 0 aromatic carbocycles. The lowest BCUT2D eigenvalue weighted by atomic mass is 9.95. The number of nitrogens with zero attached hydrogens (tertiary/aromatic N) is 1. The van der Waals surface area contributed by atoms with Crippen LogP contribution < -0.4 is 10.6 Å². The van der Waals surface area contributed by atoms with Gasteiger partial charge in [-0.25, -0.2) is 4.79 Å². The first-order valence-electron chi connectivity index (χ1n) is 7.92. The van der Waals surface area contributed by atoms with Crippen molar-refractivity contribution in [2.45, 2.75) is 64.5 Å². The molecule has 0 unspecified atom stereocenters. The Bertz CT molecular complexity index is 343. The van der Waals surface area contributed by atoms with Gasteiger partial charge in [0.1, 0.15) is 0 Å². The van der Waals surface area contributed by atoms with Crippen molar-refractivity contribution in [1.82, 2.24) is 15.5 Å². The molecule has 0 atom stereocenters. The fourth-order valence-corrected chi connectivity index (χ4v) is 3.07. The van der Waals surface area contributed by atoms with E-state index in [1.54, 1.807) is 0 Å². The highest BCUT2D eigenvalue weighted by atomic mass is 16.2. The molecule has 3 amide bonds. The molecule has 0 bridgehead atoms. The standard InChI is InChI=1S/C15H27N3O2/c1-11(2)16-15(20)18-9-7-12(8-10-18)14(19)17-13-5-3-4-6-13/h11-13H,3-10H2,1-2H3,(H,16,20)(H,17,19). The van der Waals surface area contributed by atoms with Crippen LogP contribution in [0.2, 0.25) is 0 Å². The smallest absolute Gasteiger partial charge is 0.317 e. The van der Waals surface area contributed by atoms with Crippen molar-refractivity contribution >= 4 is 11.9 Å². The lowest BCUT2D eigenvalue weighted by Crippen LogP contribution is -2.49. The summed E-state index contributed by atoms with van der Waals surface area (Å²) in [6.45, 7) is 5.28. The van der Waals surface area contributed by atoms with Gasteiger partial charge in [-0.15, -0.1) is 0 Å². The van der Waals surface area contributed by atoms with Gasteiger partial charge in [-0.2, -0.15) is 0 Å². The Hall–Kier alpha value is -1.26. The summed E-state index contributed by atoms with van der Waals surface area (Å²) >= 11 is 0. The minimum atomic E-state index is -0.00495. The summed E-state index contributed by atoms with van der Waals surface area (Å²) in [6.07, 6.45) is 6.29. The van der Waals surface area contributed by atoms with Crippen LogP contribution in [-0.2, 0) is 4.79 Å². The first-order chi connectivity index (χ1) is 9.56. The van der Waals surface area contributed by atoms with Crippen molar-refractivity contribution in [2.24, 2.45) is 5.92 Å². The molecule has 5 heteroatoms. The molecule has 0 spiro atoms. The molecule has 1 aliphatic carbocycles. The maximum atomic E-state index is 12.2. The molecular weight excluding hydrogens is 254 g/mol. The largest absolute Gasteiger partial charge is 0.353 e. The molecule has 114 valence electrons. The van der Waals surface area contributed by atoms with Gasteiger partial charge >= 0.3 is 6.03 Å². The SMILES string of the molecule is CC(C)NC(=O)N1CCC(C(=O)NC2CCCC2)CC1. The van der Waals surface area contributed by atoms with Gasteiger partial charge < -0.3 is 15.5 Å². The van der Waals surface area contributed by atoms with Crippen LogP contribution in [-0.4, -0.2) is 42.0 Å². The quantitative estimate of drug-likeness (QED) is 0.829. The normalized spacial score (nSPS) is 21.2. The summed E-state index contributed by atoms with van der Waals surface area (Å²) in [7, 11) is 0. The number of amides is 3. The molecule has 2 aliphatic rings. The van der Waals surface area contributed by atoms with E-state index in [9.17, 15) is 9.59 Å². The molecule has 2 N–H and O–H groups in total. The number of rotatable bonds is 3. The van der Waals surface area contributed by atoms with E-state index in [2.05, 4.69) is 10.6 Å². The molecule has 5 nitrogen and oxygen atoms in total. The molecule has 1 saturated carbocycles. The third-order valence-electron chi connectivity index (χ3n) is 4.27. The number of carbonyl (C=O) groups excluding carboxylic acids is 2. The van der Waals surface area contributed by atoms with Crippen LogP contribution >= 0.6 is 0 Å². The molecule has 0 radical (unpaired) electrons. The maximum Gasteiger partial charge on any atom is 0.317 e. The van der Waals surface area contributed by atoms with Crippen molar-refractivity contribution in [3.63, 3.8) is 0 Å². The number of urea groups is 1. The van der Waals surface area contributed by atoms with Gasteiger partial charge in [0, 0.05) is 31.1 Å². The van der Waals surface area contributed by atoms with Crippen LogP contribution in [0.25, 0.3) is 0 Å². The predicted molar refractivity (Wildman–Crippen MR) is 78.4 cm³/mol. The van der Waals surface area contributed by atoms with Gasteiger partial charge in [-0.3, -0.25) is 4.79 Å². The Morgan fingerprint density at radius 1 is 1.05 bits per heavy atom. The number of hydrogen-bond acceptors (Lipinski definition) is 2. The van der Waals surface area contributed by atoms with Crippen molar-refractivity contribution in [3.8, 4) is 0 Å². The van der Waals surface area contributed by atoms with Crippen LogP contribution in [0.3, 0.4) is 0 Å². The number of piperidine rings is 1. The molecule has 0 aromatic heterocycles. The third-order valence-corrected chi connectivity index (χ3v) is 4.27. The zero-order chi connectivity index (χ0) is 14.5. The van der Waals surface area contributed by atoms with E-state index in [0.717, 1.165) is 25.7 Å². The van der Waals surface area contributed by atoms with Gasteiger partial charge in [0.05, 0.1) is 0 Å². The second-order valence-electron chi connectivity index (χ2n) is 6.36. The second kappa shape index (κ2) is 6.95. The first kappa shape index (κ1) is 15.1. The zero-order valence-corrected chi connectivity index (χ0v) is 12.7. The second-order valence-corrected chi connectivity index (χ2v) is 6.36. The number of likely N-dealkylation sites (tertiary alicyclic amines) is 1. The average Bonchev–Trinajstić information content (AvgIpc) is 2.91. The molecule has 1 saturated heterocycles. The van der Waals surface area contributed by atoms with Gasteiger partial charge in [0.15, 0.2) is 0 Å². The number of carbonyl (C=O) groups is 2. The van der Waals surface area contributed by atoms with Crippen molar-refractivity contribution < 1.29 is 9.59 Å². The molecule has 1 aliphatic heterocycles. The van der Waals surface area contributed by atoms with Gasteiger partial charge in [0.25, 0.3) is 0 Å². The molecular formula is C15H27N3O2. The van der Waals surface area contributed by atoms with E-state index in [-0.39, 0.29) is 23.9 Å². The van der Waals surface area contributed by atoms with Crippen molar-refractivity contribution in [3.05, 3.63) is 0 Å². The van der Waals surface area contributed by atoms with Crippen LogP contribution in [0.1, 0.15) is 52.4 Å². The van der Waals surface area contributed by atoms with Crippen molar-refractivity contribution in [2.75, 3.05) is 13.1 Å². The Labute approximate surface area is 121 Å². The first-order valence-corrected chi connectivity index (χ1v) is 7.92.